The molecule has 0 unspecified atom stereocenters. The van der Waals surface area contributed by atoms with Gasteiger partial charge in [0.2, 0.25) is 0 Å². The Morgan fingerprint density at radius 1 is 0.967 bits per heavy atom. The number of fused-ring (bicyclic) bond motifs is 1. The normalized spacial score (nSPS) is 14.3. The average Bonchev–Trinajstić information content (AvgIpc) is 3.25. The maximum atomic E-state index is 12.9. The fourth-order valence-electron chi connectivity index (χ4n) is 3.67. The summed E-state index contributed by atoms with van der Waals surface area (Å²) in [5.74, 6) is 0.922. The highest BCUT2D eigenvalue weighted by atomic mass is 32.1. The minimum atomic E-state index is -0.0113. The van der Waals surface area contributed by atoms with E-state index in [1.54, 1.807) is 11.3 Å². The Morgan fingerprint density at radius 3 is 2.53 bits per heavy atom. The zero-order valence-electron chi connectivity index (χ0n) is 16.7. The summed E-state index contributed by atoms with van der Waals surface area (Å²) >= 11 is 1.63. The van der Waals surface area contributed by atoms with Crippen LogP contribution < -0.4 is 4.90 Å². The standard InChI is InChI=1S/C23H21N5OS/c1-16-15-30-22(25-16)18-7-9-21(24-14-18)27-10-12-28(13-11-27)23(29)20-8-6-17-4-2-3-5-19(17)26-20/h2-9,14-15H,10-13H2,1H3. The molecule has 0 atom stereocenters. The molecule has 150 valence electrons. The maximum Gasteiger partial charge on any atom is 0.272 e. The summed E-state index contributed by atoms with van der Waals surface area (Å²) in [5, 5.41) is 4.08. The number of para-hydroxylation sites is 1. The SMILES string of the molecule is Cc1csc(-c2ccc(N3CCN(C(=O)c4ccc5ccccc5n4)CC3)nc2)n1. The summed E-state index contributed by atoms with van der Waals surface area (Å²) in [6.45, 7) is 4.81. The molecule has 1 aliphatic rings. The molecule has 0 N–H and O–H groups in total. The monoisotopic (exact) mass is 415 g/mol. The second-order valence-corrected chi connectivity index (χ2v) is 8.23. The molecule has 1 aromatic carbocycles. The molecule has 4 heterocycles. The number of thiazole rings is 1. The first kappa shape index (κ1) is 18.7. The van der Waals surface area contributed by atoms with Crippen molar-refractivity contribution in [3.05, 3.63) is 71.5 Å². The molecule has 0 spiro atoms. The molecular formula is C23H21N5OS. The van der Waals surface area contributed by atoms with Crippen LogP contribution in [-0.2, 0) is 0 Å². The largest absolute Gasteiger partial charge is 0.353 e. The Bertz CT molecular complexity index is 1200. The fraction of sp³-hybridized carbons (Fsp3) is 0.217. The van der Waals surface area contributed by atoms with Gasteiger partial charge < -0.3 is 9.80 Å². The van der Waals surface area contributed by atoms with E-state index in [1.807, 2.05) is 65.9 Å². The summed E-state index contributed by atoms with van der Waals surface area (Å²) in [7, 11) is 0. The molecule has 1 aliphatic heterocycles. The molecular weight excluding hydrogens is 394 g/mol. The Labute approximate surface area is 178 Å². The van der Waals surface area contributed by atoms with E-state index in [2.05, 4.69) is 25.9 Å². The van der Waals surface area contributed by atoms with Crippen molar-refractivity contribution < 1.29 is 4.79 Å². The van der Waals surface area contributed by atoms with Crippen LogP contribution in [0.3, 0.4) is 0 Å². The van der Waals surface area contributed by atoms with Crippen molar-refractivity contribution in [2.45, 2.75) is 6.92 Å². The smallest absolute Gasteiger partial charge is 0.272 e. The predicted octanol–water partition coefficient (Wildman–Crippen LogP) is 4.02. The lowest BCUT2D eigenvalue weighted by atomic mass is 10.2. The summed E-state index contributed by atoms with van der Waals surface area (Å²) < 4.78 is 0. The van der Waals surface area contributed by atoms with Gasteiger partial charge in [-0.3, -0.25) is 4.79 Å². The van der Waals surface area contributed by atoms with Gasteiger partial charge in [-0.05, 0) is 31.2 Å². The van der Waals surface area contributed by atoms with E-state index in [4.69, 9.17) is 0 Å². The van der Waals surface area contributed by atoms with Crippen LogP contribution in [0.15, 0.2) is 60.1 Å². The van der Waals surface area contributed by atoms with Crippen molar-refractivity contribution in [3.8, 4) is 10.6 Å². The number of rotatable bonds is 3. The lowest BCUT2D eigenvalue weighted by Crippen LogP contribution is -2.49. The summed E-state index contributed by atoms with van der Waals surface area (Å²) in [4.78, 5) is 30.7. The van der Waals surface area contributed by atoms with Gasteiger partial charge in [0, 0.05) is 54.4 Å². The van der Waals surface area contributed by atoms with Crippen LogP contribution in [0, 0.1) is 6.92 Å². The third-order valence-electron chi connectivity index (χ3n) is 5.32. The highest BCUT2D eigenvalue weighted by Gasteiger charge is 2.24. The number of carbonyl (C=O) groups excluding carboxylic acids is 1. The minimum Gasteiger partial charge on any atom is -0.353 e. The van der Waals surface area contributed by atoms with E-state index in [0.717, 1.165) is 46.1 Å². The van der Waals surface area contributed by atoms with Crippen LogP contribution in [0.25, 0.3) is 21.5 Å². The number of benzene rings is 1. The highest BCUT2D eigenvalue weighted by Crippen LogP contribution is 2.25. The molecule has 0 saturated carbocycles. The maximum absolute atomic E-state index is 12.9. The first-order valence-electron chi connectivity index (χ1n) is 9.96. The zero-order chi connectivity index (χ0) is 20.5. The van der Waals surface area contributed by atoms with E-state index in [9.17, 15) is 4.79 Å². The lowest BCUT2D eigenvalue weighted by Gasteiger charge is -2.35. The molecule has 6 nitrogen and oxygen atoms in total. The molecule has 30 heavy (non-hydrogen) atoms. The second kappa shape index (κ2) is 7.84. The Hall–Kier alpha value is -3.32. The van der Waals surface area contributed by atoms with Gasteiger partial charge in [-0.25, -0.2) is 15.0 Å². The molecule has 1 saturated heterocycles. The first-order valence-corrected chi connectivity index (χ1v) is 10.8. The van der Waals surface area contributed by atoms with Crippen molar-refractivity contribution in [1.29, 1.82) is 0 Å². The van der Waals surface area contributed by atoms with Crippen molar-refractivity contribution in [3.63, 3.8) is 0 Å². The molecule has 7 heteroatoms. The van der Waals surface area contributed by atoms with Gasteiger partial charge in [0.15, 0.2) is 0 Å². The number of anilines is 1. The van der Waals surface area contributed by atoms with Crippen LogP contribution in [0.2, 0.25) is 0 Å². The topological polar surface area (TPSA) is 62.2 Å². The van der Waals surface area contributed by atoms with Crippen molar-refractivity contribution >= 4 is 34.0 Å². The predicted molar refractivity (Wildman–Crippen MR) is 120 cm³/mol. The number of pyridine rings is 2. The van der Waals surface area contributed by atoms with E-state index >= 15 is 0 Å². The second-order valence-electron chi connectivity index (χ2n) is 7.37. The molecule has 0 aliphatic carbocycles. The highest BCUT2D eigenvalue weighted by molar-refractivity contribution is 7.13. The third kappa shape index (κ3) is 3.64. The molecule has 1 fully saturated rings. The molecule has 1 amide bonds. The zero-order valence-corrected chi connectivity index (χ0v) is 17.5. The van der Waals surface area contributed by atoms with Crippen LogP contribution in [-0.4, -0.2) is 51.9 Å². The number of nitrogens with zero attached hydrogens (tertiary/aromatic N) is 5. The summed E-state index contributed by atoms with van der Waals surface area (Å²) in [5.41, 5.74) is 3.42. The van der Waals surface area contributed by atoms with Crippen molar-refractivity contribution in [2.75, 3.05) is 31.1 Å². The van der Waals surface area contributed by atoms with Crippen LogP contribution in [0.4, 0.5) is 5.82 Å². The first-order chi connectivity index (χ1) is 14.7. The summed E-state index contributed by atoms with van der Waals surface area (Å²) in [6.07, 6.45) is 1.88. The summed E-state index contributed by atoms with van der Waals surface area (Å²) in [6, 6.07) is 15.7. The number of hydrogen-bond donors (Lipinski definition) is 0. The van der Waals surface area contributed by atoms with Gasteiger partial charge in [-0.2, -0.15) is 0 Å². The van der Waals surface area contributed by atoms with Crippen LogP contribution >= 0.6 is 11.3 Å². The van der Waals surface area contributed by atoms with Crippen molar-refractivity contribution in [2.24, 2.45) is 0 Å². The van der Waals surface area contributed by atoms with E-state index < -0.39 is 0 Å². The third-order valence-corrected chi connectivity index (χ3v) is 6.33. The Kier molecular flexibility index (Phi) is 4.88. The van der Waals surface area contributed by atoms with Gasteiger partial charge in [-0.1, -0.05) is 24.3 Å². The van der Waals surface area contributed by atoms with E-state index in [1.165, 1.54) is 0 Å². The Morgan fingerprint density at radius 2 is 1.80 bits per heavy atom. The molecule has 0 bridgehead atoms. The number of carbonyl (C=O) groups is 1. The van der Waals surface area contributed by atoms with Crippen LogP contribution in [0.5, 0.6) is 0 Å². The molecule has 4 aromatic rings. The molecule has 5 rings (SSSR count). The number of aromatic nitrogens is 3. The average molecular weight is 416 g/mol. The van der Waals surface area contributed by atoms with Crippen molar-refractivity contribution in [1.82, 2.24) is 19.9 Å². The van der Waals surface area contributed by atoms with Crippen LogP contribution in [0.1, 0.15) is 16.2 Å². The number of amides is 1. The van der Waals surface area contributed by atoms with E-state index in [-0.39, 0.29) is 5.91 Å². The van der Waals surface area contributed by atoms with E-state index in [0.29, 0.717) is 18.8 Å². The molecule has 3 aromatic heterocycles. The lowest BCUT2D eigenvalue weighted by molar-refractivity contribution is 0.0741. The van der Waals surface area contributed by atoms with Gasteiger partial charge in [0.05, 0.1) is 5.52 Å². The minimum absolute atomic E-state index is 0.0113. The number of aryl methyl sites for hydroxylation is 1. The Balaban J connectivity index is 1.25. The van der Waals surface area contributed by atoms with Gasteiger partial charge in [-0.15, -0.1) is 11.3 Å². The van der Waals surface area contributed by atoms with Gasteiger partial charge in [0.25, 0.3) is 5.91 Å². The number of hydrogen-bond acceptors (Lipinski definition) is 6. The fourth-order valence-corrected chi connectivity index (χ4v) is 4.46. The number of piperazine rings is 1. The van der Waals surface area contributed by atoms with Gasteiger partial charge >= 0.3 is 0 Å². The van der Waals surface area contributed by atoms with Gasteiger partial charge in [0.1, 0.15) is 16.5 Å². The quantitative estimate of drug-likeness (QED) is 0.506. The molecule has 0 radical (unpaired) electrons.